The van der Waals surface area contributed by atoms with E-state index in [1.165, 1.54) is 11.1 Å². The second-order valence-electron chi connectivity index (χ2n) is 5.49. The first kappa shape index (κ1) is 15.0. The van der Waals surface area contributed by atoms with E-state index in [-0.39, 0.29) is 0 Å². The molecule has 116 valence electrons. The Hall–Kier alpha value is -2.88. The Morgan fingerprint density at radius 1 is 0.870 bits per heavy atom. The van der Waals surface area contributed by atoms with Gasteiger partial charge in [0.2, 0.25) is 5.95 Å². The molecule has 0 atom stereocenters. The number of anilines is 3. The SMILES string of the molecule is Cc1cc(NCc2ccccc2C)nc(Nc2ccccc2)n1. The molecule has 23 heavy (non-hydrogen) atoms. The van der Waals surface area contributed by atoms with Crippen molar-refractivity contribution >= 4 is 17.5 Å². The highest BCUT2D eigenvalue weighted by molar-refractivity contribution is 5.55. The minimum atomic E-state index is 0.600. The quantitative estimate of drug-likeness (QED) is 0.731. The van der Waals surface area contributed by atoms with Crippen molar-refractivity contribution in [1.82, 2.24) is 9.97 Å². The van der Waals surface area contributed by atoms with Crippen molar-refractivity contribution in [1.29, 1.82) is 0 Å². The molecule has 2 aromatic carbocycles. The predicted octanol–water partition coefficient (Wildman–Crippen LogP) is 4.45. The van der Waals surface area contributed by atoms with Gasteiger partial charge in [-0.25, -0.2) is 4.98 Å². The van der Waals surface area contributed by atoms with E-state index < -0.39 is 0 Å². The number of nitrogens with one attached hydrogen (secondary N) is 2. The summed E-state index contributed by atoms with van der Waals surface area (Å²) in [6.45, 7) is 4.83. The number of aryl methyl sites for hydroxylation is 2. The lowest BCUT2D eigenvalue weighted by molar-refractivity contribution is 1.05. The molecule has 0 spiro atoms. The number of aromatic nitrogens is 2. The van der Waals surface area contributed by atoms with Crippen molar-refractivity contribution in [2.45, 2.75) is 20.4 Å². The van der Waals surface area contributed by atoms with Crippen LogP contribution in [-0.2, 0) is 6.54 Å². The van der Waals surface area contributed by atoms with Crippen LogP contribution >= 0.6 is 0 Å². The fraction of sp³-hybridized carbons (Fsp3) is 0.158. The summed E-state index contributed by atoms with van der Waals surface area (Å²) in [5.41, 5.74) is 4.43. The third-order valence-electron chi connectivity index (χ3n) is 3.61. The van der Waals surface area contributed by atoms with Crippen LogP contribution in [0.5, 0.6) is 0 Å². The first-order chi connectivity index (χ1) is 11.2. The van der Waals surface area contributed by atoms with Crippen molar-refractivity contribution in [2.24, 2.45) is 0 Å². The van der Waals surface area contributed by atoms with Crippen LogP contribution in [0, 0.1) is 13.8 Å². The molecule has 1 heterocycles. The molecule has 4 nitrogen and oxygen atoms in total. The lowest BCUT2D eigenvalue weighted by Crippen LogP contribution is -2.06. The van der Waals surface area contributed by atoms with Crippen LogP contribution < -0.4 is 10.6 Å². The summed E-state index contributed by atoms with van der Waals surface area (Å²) in [7, 11) is 0. The lowest BCUT2D eigenvalue weighted by atomic mass is 10.1. The Bertz CT molecular complexity index is 784. The topological polar surface area (TPSA) is 49.8 Å². The van der Waals surface area contributed by atoms with E-state index in [1.807, 2.05) is 43.3 Å². The molecular formula is C19H20N4. The normalized spacial score (nSPS) is 10.3. The predicted molar refractivity (Wildman–Crippen MR) is 95.0 cm³/mol. The second kappa shape index (κ2) is 6.92. The molecule has 0 saturated carbocycles. The zero-order chi connectivity index (χ0) is 16.1. The van der Waals surface area contributed by atoms with Crippen LogP contribution in [0.15, 0.2) is 60.7 Å². The minimum absolute atomic E-state index is 0.600. The average molecular weight is 304 g/mol. The largest absolute Gasteiger partial charge is 0.366 e. The summed E-state index contributed by atoms with van der Waals surface area (Å²) in [5, 5.41) is 6.61. The van der Waals surface area contributed by atoms with E-state index in [0.717, 1.165) is 23.7 Å². The zero-order valence-corrected chi connectivity index (χ0v) is 13.4. The molecule has 0 saturated heterocycles. The van der Waals surface area contributed by atoms with Crippen molar-refractivity contribution in [2.75, 3.05) is 10.6 Å². The van der Waals surface area contributed by atoms with Gasteiger partial charge in [0.1, 0.15) is 5.82 Å². The monoisotopic (exact) mass is 304 g/mol. The van der Waals surface area contributed by atoms with Gasteiger partial charge in [-0.15, -0.1) is 0 Å². The fourth-order valence-corrected chi connectivity index (χ4v) is 2.36. The summed E-state index contributed by atoms with van der Waals surface area (Å²) in [6, 6.07) is 20.2. The van der Waals surface area contributed by atoms with Gasteiger partial charge in [-0.3, -0.25) is 0 Å². The highest BCUT2D eigenvalue weighted by Gasteiger charge is 2.04. The van der Waals surface area contributed by atoms with E-state index in [1.54, 1.807) is 0 Å². The number of rotatable bonds is 5. The highest BCUT2D eigenvalue weighted by Crippen LogP contribution is 2.16. The summed E-state index contributed by atoms with van der Waals surface area (Å²) in [4.78, 5) is 8.98. The van der Waals surface area contributed by atoms with Gasteiger partial charge < -0.3 is 10.6 Å². The maximum Gasteiger partial charge on any atom is 0.229 e. The molecular weight excluding hydrogens is 284 g/mol. The lowest BCUT2D eigenvalue weighted by Gasteiger charge is -2.11. The zero-order valence-electron chi connectivity index (χ0n) is 13.4. The van der Waals surface area contributed by atoms with Crippen molar-refractivity contribution in [3.63, 3.8) is 0 Å². The third kappa shape index (κ3) is 4.07. The Kier molecular flexibility index (Phi) is 4.52. The van der Waals surface area contributed by atoms with Crippen LogP contribution in [-0.4, -0.2) is 9.97 Å². The number of hydrogen-bond donors (Lipinski definition) is 2. The fourth-order valence-electron chi connectivity index (χ4n) is 2.36. The van der Waals surface area contributed by atoms with Gasteiger partial charge in [0.25, 0.3) is 0 Å². The molecule has 0 amide bonds. The maximum absolute atomic E-state index is 4.54. The molecule has 0 aliphatic heterocycles. The molecule has 3 rings (SSSR count). The molecule has 2 N–H and O–H groups in total. The number of hydrogen-bond acceptors (Lipinski definition) is 4. The summed E-state index contributed by atoms with van der Waals surface area (Å²) >= 11 is 0. The second-order valence-corrected chi connectivity index (χ2v) is 5.49. The van der Waals surface area contributed by atoms with E-state index >= 15 is 0 Å². The Morgan fingerprint density at radius 2 is 1.61 bits per heavy atom. The Morgan fingerprint density at radius 3 is 2.39 bits per heavy atom. The van der Waals surface area contributed by atoms with Gasteiger partial charge >= 0.3 is 0 Å². The molecule has 3 aromatic rings. The van der Waals surface area contributed by atoms with Crippen LogP contribution in [0.1, 0.15) is 16.8 Å². The molecule has 0 unspecified atom stereocenters. The molecule has 0 fully saturated rings. The van der Waals surface area contributed by atoms with E-state index in [4.69, 9.17) is 0 Å². The smallest absolute Gasteiger partial charge is 0.229 e. The van der Waals surface area contributed by atoms with Gasteiger partial charge in [-0.05, 0) is 37.1 Å². The minimum Gasteiger partial charge on any atom is -0.366 e. The maximum atomic E-state index is 4.54. The summed E-state index contributed by atoms with van der Waals surface area (Å²) in [6.07, 6.45) is 0. The van der Waals surface area contributed by atoms with Crippen molar-refractivity contribution < 1.29 is 0 Å². The molecule has 0 aliphatic carbocycles. The third-order valence-corrected chi connectivity index (χ3v) is 3.61. The van der Waals surface area contributed by atoms with Gasteiger partial charge in [0.05, 0.1) is 0 Å². The highest BCUT2D eigenvalue weighted by atomic mass is 15.1. The first-order valence-corrected chi connectivity index (χ1v) is 7.67. The van der Waals surface area contributed by atoms with Gasteiger partial charge in [-0.2, -0.15) is 4.98 Å². The number of benzene rings is 2. The molecule has 1 aromatic heterocycles. The van der Waals surface area contributed by atoms with Crippen molar-refractivity contribution in [3.05, 3.63) is 77.5 Å². The van der Waals surface area contributed by atoms with Crippen LogP contribution in [0.25, 0.3) is 0 Å². The average Bonchev–Trinajstić information content (AvgIpc) is 2.54. The molecule has 4 heteroatoms. The van der Waals surface area contributed by atoms with Gasteiger partial charge in [0, 0.05) is 24.0 Å². The molecule has 0 bridgehead atoms. The molecule has 0 radical (unpaired) electrons. The standard InChI is InChI=1S/C19H20N4/c1-14-8-6-7-9-16(14)13-20-18-12-15(2)21-19(23-18)22-17-10-4-3-5-11-17/h3-12H,13H2,1-2H3,(H2,20,21,22,23). The van der Waals surface area contributed by atoms with E-state index in [0.29, 0.717) is 5.95 Å². The van der Waals surface area contributed by atoms with Gasteiger partial charge in [0.15, 0.2) is 0 Å². The Balaban J connectivity index is 1.74. The summed E-state index contributed by atoms with van der Waals surface area (Å²) in [5.74, 6) is 1.42. The first-order valence-electron chi connectivity index (χ1n) is 7.67. The van der Waals surface area contributed by atoms with E-state index in [2.05, 4.69) is 51.8 Å². The number of para-hydroxylation sites is 1. The molecule has 0 aliphatic rings. The Labute approximate surface area is 136 Å². The van der Waals surface area contributed by atoms with Crippen LogP contribution in [0.2, 0.25) is 0 Å². The number of nitrogens with zero attached hydrogens (tertiary/aromatic N) is 2. The summed E-state index contributed by atoms with van der Waals surface area (Å²) < 4.78 is 0. The van der Waals surface area contributed by atoms with Crippen LogP contribution in [0.3, 0.4) is 0 Å². The van der Waals surface area contributed by atoms with Crippen LogP contribution in [0.4, 0.5) is 17.5 Å². The van der Waals surface area contributed by atoms with Gasteiger partial charge in [-0.1, -0.05) is 42.5 Å². The van der Waals surface area contributed by atoms with E-state index in [9.17, 15) is 0 Å². The van der Waals surface area contributed by atoms with Crippen molar-refractivity contribution in [3.8, 4) is 0 Å².